The Hall–Kier alpha value is -2.66. The van der Waals surface area contributed by atoms with Gasteiger partial charge in [-0.05, 0) is 23.3 Å². The van der Waals surface area contributed by atoms with Gasteiger partial charge in [0.25, 0.3) is 5.91 Å². The molecule has 0 heterocycles. The molecule has 1 amide bonds. The molecule has 2 aromatic rings. The van der Waals surface area contributed by atoms with Crippen molar-refractivity contribution in [2.24, 2.45) is 5.84 Å². The van der Waals surface area contributed by atoms with Gasteiger partial charge in [0.1, 0.15) is 0 Å². The van der Waals surface area contributed by atoms with Gasteiger partial charge in [-0.25, -0.2) is 5.84 Å². The average molecular weight is 356 g/mol. The number of phenols is 1. The smallest absolute Gasteiger partial charge is 0.394 e. The third-order valence-corrected chi connectivity index (χ3v) is 2.78. The lowest BCUT2D eigenvalue weighted by atomic mass is 10.0. The van der Waals surface area contributed by atoms with Gasteiger partial charge in [-0.15, -0.1) is 0 Å². The van der Waals surface area contributed by atoms with E-state index >= 15 is 0 Å². The van der Waals surface area contributed by atoms with Crippen LogP contribution in [-0.2, 0) is 10.4 Å². The Morgan fingerprint density at radius 2 is 1.67 bits per heavy atom. The minimum Gasteiger partial charge on any atom is -0.504 e. The van der Waals surface area contributed by atoms with E-state index in [2.05, 4.69) is 0 Å². The second-order valence-electron chi connectivity index (χ2n) is 4.36. The van der Waals surface area contributed by atoms with Gasteiger partial charge in [0.2, 0.25) is 0 Å². The average Bonchev–Trinajstić information content (AvgIpc) is 2.53. The van der Waals surface area contributed by atoms with Gasteiger partial charge in [0.15, 0.2) is 11.5 Å². The van der Waals surface area contributed by atoms with Crippen molar-refractivity contribution in [1.29, 1.82) is 0 Å². The predicted octanol–water partition coefficient (Wildman–Crippen LogP) is 1.02. The molecular formula is C14H16N2O7S. The van der Waals surface area contributed by atoms with Crippen molar-refractivity contribution >= 4 is 16.3 Å². The quantitative estimate of drug-likeness (QED) is 0.236. The van der Waals surface area contributed by atoms with Crippen LogP contribution in [0, 0.1) is 0 Å². The molecule has 0 aliphatic carbocycles. The Bertz CT molecular complexity index is 799. The number of hydrazine groups is 1. The summed E-state index contributed by atoms with van der Waals surface area (Å²) in [5, 5.41) is 9.92. The van der Waals surface area contributed by atoms with Crippen LogP contribution < -0.4 is 16.0 Å². The lowest BCUT2D eigenvalue weighted by Crippen LogP contribution is -2.30. The normalized spacial score (nSPS) is 10.3. The summed E-state index contributed by atoms with van der Waals surface area (Å²) >= 11 is 0. The standard InChI is InChI=1S/C14H14N2O3.H2O4S/c1-19-12-8-10(9-5-3-2-4-6-9)7-11(13(12)17)14(18)16-15;1-5(2,3)4/h2-8,17H,15H2,1H3,(H,16,18);(H2,1,2,3,4). The lowest BCUT2D eigenvalue weighted by molar-refractivity contribution is 0.0950. The number of hydrogen-bond acceptors (Lipinski definition) is 6. The van der Waals surface area contributed by atoms with Crippen LogP contribution in [0.3, 0.4) is 0 Å². The van der Waals surface area contributed by atoms with Crippen LogP contribution in [0.15, 0.2) is 42.5 Å². The van der Waals surface area contributed by atoms with Crippen LogP contribution in [0.25, 0.3) is 11.1 Å². The maximum absolute atomic E-state index is 11.6. The fraction of sp³-hybridized carbons (Fsp3) is 0.0714. The van der Waals surface area contributed by atoms with Gasteiger partial charge in [-0.2, -0.15) is 8.42 Å². The fourth-order valence-electron chi connectivity index (χ4n) is 1.81. The van der Waals surface area contributed by atoms with Gasteiger partial charge >= 0.3 is 10.4 Å². The van der Waals surface area contributed by atoms with E-state index in [1.54, 1.807) is 12.1 Å². The van der Waals surface area contributed by atoms with Gasteiger partial charge in [-0.1, -0.05) is 30.3 Å². The van der Waals surface area contributed by atoms with Crippen molar-refractivity contribution < 1.29 is 32.2 Å². The van der Waals surface area contributed by atoms with E-state index in [0.717, 1.165) is 11.1 Å². The first-order valence-electron chi connectivity index (χ1n) is 6.34. The van der Waals surface area contributed by atoms with Crippen molar-refractivity contribution in [3.05, 3.63) is 48.0 Å². The summed E-state index contributed by atoms with van der Waals surface area (Å²) in [6.07, 6.45) is 0. The molecule has 130 valence electrons. The summed E-state index contributed by atoms with van der Waals surface area (Å²) < 4.78 is 36.7. The fourth-order valence-corrected chi connectivity index (χ4v) is 1.81. The number of benzene rings is 2. The van der Waals surface area contributed by atoms with Crippen molar-refractivity contribution in [1.82, 2.24) is 5.43 Å². The minimum absolute atomic E-state index is 0.0701. The van der Waals surface area contributed by atoms with Gasteiger partial charge < -0.3 is 9.84 Å². The highest BCUT2D eigenvalue weighted by Gasteiger charge is 2.16. The van der Waals surface area contributed by atoms with E-state index in [0.29, 0.717) is 0 Å². The lowest BCUT2D eigenvalue weighted by Gasteiger charge is -2.11. The minimum atomic E-state index is -4.67. The first-order valence-corrected chi connectivity index (χ1v) is 7.74. The number of hydrogen-bond donors (Lipinski definition) is 5. The molecular weight excluding hydrogens is 340 g/mol. The van der Waals surface area contributed by atoms with Gasteiger partial charge in [0.05, 0.1) is 12.7 Å². The Labute approximate surface area is 138 Å². The Kier molecular flexibility index (Phi) is 6.68. The maximum atomic E-state index is 11.6. The van der Waals surface area contributed by atoms with Crippen LogP contribution in [0.5, 0.6) is 11.5 Å². The van der Waals surface area contributed by atoms with Crippen LogP contribution in [0.2, 0.25) is 0 Å². The number of aromatic hydroxyl groups is 1. The van der Waals surface area contributed by atoms with Gasteiger partial charge in [0, 0.05) is 0 Å². The number of nitrogens with one attached hydrogen (secondary N) is 1. The molecule has 24 heavy (non-hydrogen) atoms. The molecule has 0 unspecified atom stereocenters. The van der Waals surface area contributed by atoms with Gasteiger partial charge in [-0.3, -0.25) is 19.3 Å². The number of amides is 1. The van der Waals surface area contributed by atoms with E-state index in [1.807, 2.05) is 35.8 Å². The Balaban J connectivity index is 0.000000505. The molecule has 0 aliphatic heterocycles. The molecule has 6 N–H and O–H groups in total. The van der Waals surface area contributed by atoms with Crippen LogP contribution in [-0.4, -0.2) is 35.6 Å². The number of phenolic OH excluding ortho intramolecular Hbond substituents is 1. The first-order chi connectivity index (χ1) is 11.2. The Morgan fingerprint density at radius 1 is 1.12 bits per heavy atom. The zero-order valence-corrected chi connectivity index (χ0v) is 13.3. The summed E-state index contributed by atoms with van der Waals surface area (Å²) in [7, 11) is -3.24. The van der Waals surface area contributed by atoms with E-state index in [-0.39, 0.29) is 17.1 Å². The highest BCUT2D eigenvalue weighted by molar-refractivity contribution is 7.79. The largest absolute Gasteiger partial charge is 0.504 e. The molecule has 0 saturated carbocycles. The molecule has 0 aromatic heterocycles. The maximum Gasteiger partial charge on any atom is 0.394 e. The first kappa shape index (κ1) is 19.4. The number of ether oxygens (including phenoxy) is 1. The third-order valence-electron chi connectivity index (χ3n) is 2.78. The summed E-state index contributed by atoms with van der Waals surface area (Å²) in [5.74, 6) is 4.52. The van der Waals surface area contributed by atoms with Crippen molar-refractivity contribution in [2.75, 3.05) is 7.11 Å². The van der Waals surface area contributed by atoms with E-state index in [9.17, 15) is 9.90 Å². The van der Waals surface area contributed by atoms with E-state index in [1.165, 1.54) is 7.11 Å². The summed E-state index contributed by atoms with van der Waals surface area (Å²) in [6.45, 7) is 0. The Morgan fingerprint density at radius 3 is 2.12 bits per heavy atom. The second kappa shape index (κ2) is 8.26. The zero-order valence-electron chi connectivity index (χ0n) is 12.5. The van der Waals surface area contributed by atoms with Crippen LogP contribution >= 0.6 is 0 Å². The summed E-state index contributed by atoms with van der Waals surface area (Å²) in [5.41, 5.74) is 3.74. The second-order valence-corrected chi connectivity index (χ2v) is 5.26. The van der Waals surface area contributed by atoms with Crippen molar-refractivity contribution in [3.63, 3.8) is 0 Å². The zero-order chi connectivity index (χ0) is 18.3. The summed E-state index contributed by atoms with van der Waals surface area (Å²) in [6, 6.07) is 12.7. The molecule has 0 radical (unpaired) electrons. The van der Waals surface area contributed by atoms with Crippen molar-refractivity contribution in [2.45, 2.75) is 0 Å². The highest BCUT2D eigenvalue weighted by Crippen LogP contribution is 2.35. The number of methoxy groups -OCH3 is 1. The molecule has 2 rings (SSSR count). The van der Waals surface area contributed by atoms with Crippen LogP contribution in [0.4, 0.5) is 0 Å². The third kappa shape index (κ3) is 5.85. The van der Waals surface area contributed by atoms with Crippen LogP contribution in [0.1, 0.15) is 10.4 Å². The monoisotopic (exact) mass is 356 g/mol. The van der Waals surface area contributed by atoms with Crippen molar-refractivity contribution in [3.8, 4) is 22.6 Å². The highest BCUT2D eigenvalue weighted by atomic mass is 32.3. The molecule has 0 atom stereocenters. The topological polar surface area (TPSA) is 159 Å². The number of carbonyl (C=O) groups excluding carboxylic acids is 1. The molecule has 2 aromatic carbocycles. The molecule has 0 fully saturated rings. The molecule has 9 nitrogen and oxygen atoms in total. The SMILES string of the molecule is COc1cc(-c2ccccc2)cc(C(=O)NN)c1O.O=S(=O)(O)O. The van der Waals surface area contributed by atoms with E-state index in [4.69, 9.17) is 28.1 Å². The molecule has 10 heteroatoms. The predicted molar refractivity (Wildman–Crippen MR) is 85.9 cm³/mol. The number of nitrogens with two attached hydrogens (primary N) is 1. The molecule has 0 aliphatic rings. The molecule has 0 saturated heterocycles. The number of nitrogen functional groups attached to an aromatic ring is 1. The number of carbonyl (C=O) groups is 1. The number of rotatable bonds is 3. The summed E-state index contributed by atoms with van der Waals surface area (Å²) in [4.78, 5) is 11.6. The van der Waals surface area contributed by atoms with E-state index < -0.39 is 16.3 Å². The molecule has 0 bridgehead atoms. The molecule has 0 spiro atoms.